The zero-order valence-electron chi connectivity index (χ0n) is 19.7. The van der Waals surface area contributed by atoms with E-state index in [0.29, 0.717) is 39.6 Å². The van der Waals surface area contributed by atoms with Gasteiger partial charge in [0.2, 0.25) is 5.91 Å². The van der Waals surface area contributed by atoms with E-state index in [9.17, 15) is 14.4 Å². The van der Waals surface area contributed by atoms with Crippen molar-refractivity contribution in [3.63, 3.8) is 0 Å². The molecule has 2 saturated heterocycles. The lowest BCUT2D eigenvalue weighted by molar-refractivity contribution is -0.137. The Bertz CT molecular complexity index is 1490. The molecule has 7 rings (SSSR count). The van der Waals surface area contributed by atoms with Crippen LogP contribution in [0.15, 0.2) is 66.7 Å². The number of hydrogen-bond donors (Lipinski definition) is 2. The number of halogens is 1. The van der Waals surface area contributed by atoms with Gasteiger partial charge in [-0.15, -0.1) is 0 Å². The Morgan fingerprint density at radius 2 is 1.67 bits per heavy atom. The average molecular weight is 498 g/mol. The number of rotatable bonds is 2. The number of nitrogens with one attached hydrogen (secondary N) is 2. The lowest BCUT2D eigenvalue weighted by Gasteiger charge is -2.43. The van der Waals surface area contributed by atoms with Crippen molar-refractivity contribution in [2.75, 3.05) is 17.2 Å². The number of amides is 2. The fourth-order valence-corrected chi connectivity index (χ4v) is 7.62. The number of anilines is 2. The summed E-state index contributed by atoms with van der Waals surface area (Å²) in [7, 11) is 0. The topological polar surface area (TPSA) is 78.5 Å². The summed E-state index contributed by atoms with van der Waals surface area (Å²) in [6.45, 7) is 2.59. The molecule has 0 saturated carbocycles. The summed E-state index contributed by atoms with van der Waals surface area (Å²) in [6.07, 6.45) is 1.57. The van der Waals surface area contributed by atoms with Crippen LogP contribution in [0.3, 0.4) is 0 Å². The molecule has 4 atom stereocenters. The first kappa shape index (κ1) is 21.8. The Morgan fingerprint density at radius 3 is 2.47 bits per heavy atom. The van der Waals surface area contributed by atoms with E-state index in [1.807, 2.05) is 55.5 Å². The Kier molecular flexibility index (Phi) is 4.40. The average Bonchev–Trinajstić information content (AvgIpc) is 3.58. The minimum absolute atomic E-state index is 0.112. The molecule has 36 heavy (non-hydrogen) atoms. The summed E-state index contributed by atoms with van der Waals surface area (Å²) in [5, 5.41) is 6.58. The van der Waals surface area contributed by atoms with E-state index in [1.54, 1.807) is 18.2 Å². The van der Waals surface area contributed by atoms with Gasteiger partial charge in [-0.2, -0.15) is 0 Å². The van der Waals surface area contributed by atoms with Gasteiger partial charge in [0.25, 0.3) is 5.91 Å². The lowest BCUT2D eigenvalue weighted by atomic mass is 9.57. The highest BCUT2D eigenvalue weighted by molar-refractivity contribution is 6.31. The fraction of sp³-hybridized carbons (Fsp3) is 0.276. The van der Waals surface area contributed by atoms with E-state index in [0.717, 1.165) is 18.4 Å². The first-order chi connectivity index (χ1) is 17.4. The number of nitrogens with zero attached hydrogens (tertiary/aromatic N) is 1. The summed E-state index contributed by atoms with van der Waals surface area (Å²) in [6, 6.07) is 20.0. The maximum absolute atomic E-state index is 14.5. The maximum atomic E-state index is 14.5. The van der Waals surface area contributed by atoms with Gasteiger partial charge in [0.15, 0.2) is 5.78 Å². The van der Waals surface area contributed by atoms with Crippen LogP contribution in [0.4, 0.5) is 11.4 Å². The third-order valence-electron chi connectivity index (χ3n) is 8.68. The van der Waals surface area contributed by atoms with Gasteiger partial charge in [0.1, 0.15) is 11.0 Å². The van der Waals surface area contributed by atoms with Gasteiger partial charge < -0.3 is 10.6 Å². The van der Waals surface area contributed by atoms with Crippen LogP contribution < -0.4 is 10.6 Å². The van der Waals surface area contributed by atoms with Crippen molar-refractivity contribution in [3.05, 3.63) is 94.0 Å². The normalized spacial score (nSPS) is 29.8. The molecule has 2 spiro atoms. The van der Waals surface area contributed by atoms with Crippen LogP contribution >= 0.6 is 11.6 Å². The van der Waals surface area contributed by atoms with Crippen LogP contribution in [-0.2, 0) is 20.5 Å². The van der Waals surface area contributed by atoms with Crippen molar-refractivity contribution in [3.8, 4) is 0 Å². The molecule has 0 aromatic heterocycles. The molecule has 0 radical (unpaired) electrons. The number of ketones is 1. The third kappa shape index (κ3) is 2.39. The quantitative estimate of drug-likeness (QED) is 0.505. The van der Waals surface area contributed by atoms with E-state index in [1.165, 1.54) is 0 Å². The van der Waals surface area contributed by atoms with Gasteiger partial charge in [-0.1, -0.05) is 59.6 Å². The first-order valence-electron chi connectivity index (χ1n) is 12.3. The van der Waals surface area contributed by atoms with E-state index in [2.05, 4.69) is 15.5 Å². The van der Waals surface area contributed by atoms with Gasteiger partial charge in [-0.25, -0.2) is 0 Å². The molecule has 4 aliphatic heterocycles. The Balaban J connectivity index is 1.59. The van der Waals surface area contributed by atoms with Gasteiger partial charge in [0.05, 0.1) is 5.92 Å². The van der Waals surface area contributed by atoms with E-state index >= 15 is 0 Å². The van der Waals surface area contributed by atoms with Crippen molar-refractivity contribution in [1.82, 2.24) is 4.90 Å². The van der Waals surface area contributed by atoms with Crippen LogP contribution in [0.2, 0.25) is 5.02 Å². The molecule has 2 amide bonds. The second kappa shape index (κ2) is 7.28. The monoisotopic (exact) mass is 497 g/mol. The molecule has 7 heteroatoms. The highest BCUT2D eigenvalue weighted by atomic mass is 35.5. The van der Waals surface area contributed by atoms with E-state index in [-0.39, 0.29) is 23.6 Å². The molecular weight excluding hydrogens is 474 g/mol. The van der Waals surface area contributed by atoms with Crippen molar-refractivity contribution < 1.29 is 14.4 Å². The maximum Gasteiger partial charge on any atom is 0.251 e. The zero-order chi connectivity index (χ0) is 24.8. The molecule has 4 aliphatic rings. The van der Waals surface area contributed by atoms with Crippen LogP contribution in [0.5, 0.6) is 0 Å². The van der Waals surface area contributed by atoms with Crippen LogP contribution in [0, 0.1) is 12.8 Å². The van der Waals surface area contributed by atoms with Crippen LogP contribution in [-0.4, -0.2) is 35.1 Å². The predicted molar refractivity (Wildman–Crippen MR) is 137 cm³/mol. The van der Waals surface area contributed by atoms with Gasteiger partial charge in [-0.3, -0.25) is 19.3 Å². The second-order valence-corrected chi connectivity index (χ2v) is 10.7. The fourth-order valence-electron chi connectivity index (χ4n) is 7.45. The summed E-state index contributed by atoms with van der Waals surface area (Å²) in [5.41, 5.74) is 1.40. The molecule has 0 unspecified atom stereocenters. The van der Waals surface area contributed by atoms with Gasteiger partial charge in [0, 0.05) is 33.6 Å². The number of para-hydroxylation sites is 1. The largest absolute Gasteiger partial charge is 0.325 e. The third-order valence-corrected chi connectivity index (χ3v) is 8.91. The molecule has 3 aromatic carbocycles. The van der Waals surface area contributed by atoms with E-state index < -0.39 is 16.9 Å². The zero-order valence-corrected chi connectivity index (χ0v) is 20.4. The number of benzene rings is 3. The number of carbonyl (C=O) groups excluding carboxylic acids is 3. The minimum Gasteiger partial charge on any atom is -0.325 e. The minimum atomic E-state index is -1.45. The number of fused-ring (bicyclic) bond motifs is 7. The number of carbonyl (C=O) groups is 3. The Hall–Kier alpha value is -3.48. The molecule has 0 bridgehead atoms. The SMILES string of the molecule is Cc1ccc(C(=O)[C@@H]2[C@@H]3CCCN3[C@@]3(C(=O)Nc4ccc(Cl)cc43)[C@]23C(=O)Nc2ccccc23)cc1. The van der Waals surface area contributed by atoms with Gasteiger partial charge in [-0.05, 0) is 56.1 Å². The van der Waals surface area contributed by atoms with Crippen LogP contribution in [0.25, 0.3) is 0 Å². The van der Waals surface area contributed by atoms with Crippen molar-refractivity contribution >= 4 is 40.6 Å². The molecular formula is C29H24ClN3O3. The summed E-state index contributed by atoms with van der Waals surface area (Å²) < 4.78 is 0. The highest BCUT2D eigenvalue weighted by Crippen LogP contribution is 2.67. The van der Waals surface area contributed by atoms with Crippen molar-refractivity contribution in [2.45, 2.75) is 36.8 Å². The summed E-state index contributed by atoms with van der Waals surface area (Å²) in [4.78, 5) is 45.3. The number of hydrogen-bond acceptors (Lipinski definition) is 4. The molecule has 0 aliphatic carbocycles. The standard InChI is InChI=1S/C29H24ClN3O3/c1-16-8-10-17(11-9-16)25(34)24-23-7-4-14-33(23)29(20-15-18(30)12-13-22(20)32-27(29)36)28(24)19-5-2-3-6-21(19)31-26(28)35/h2-3,5-6,8-13,15,23-24H,4,7,14H2,1H3,(H,31,35)(H,32,36)/t23-,24-,28-,29-/m0/s1. The molecule has 4 heterocycles. The lowest BCUT2D eigenvalue weighted by Crippen LogP contribution is -2.62. The van der Waals surface area contributed by atoms with E-state index in [4.69, 9.17) is 11.6 Å². The van der Waals surface area contributed by atoms with Crippen molar-refractivity contribution in [1.29, 1.82) is 0 Å². The van der Waals surface area contributed by atoms with Crippen molar-refractivity contribution in [2.24, 2.45) is 5.92 Å². The Morgan fingerprint density at radius 1 is 0.944 bits per heavy atom. The summed E-state index contributed by atoms with van der Waals surface area (Å²) in [5.74, 6) is -1.45. The molecule has 6 nitrogen and oxygen atoms in total. The number of Topliss-reactive ketones (excluding diaryl/α,β-unsaturated/α-hetero) is 1. The number of aryl methyl sites for hydroxylation is 1. The first-order valence-corrected chi connectivity index (χ1v) is 12.7. The molecule has 2 fully saturated rings. The molecule has 2 N–H and O–H groups in total. The van der Waals surface area contributed by atoms with Gasteiger partial charge >= 0.3 is 0 Å². The second-order valence-electron chi connectivity index (χ2n) is 10.3. The predicted octanol–water partition coefficient (Wildman–Crippen LogP) is 4.66. The smallest absolute Gasteiger partial charge is 0.251 e. The summed E-state index contributed by atoms with van der Waals surface area (Å²) >= 11 is 6.49. The molecule has 180 valence electrons. The highest BCUT2D eigenvalue weighted by Gasteiger charge is 2.81. The Labute approximate surface area is 213 Å². The molecule has 3 aromatic rings. The van der Waals surface area contributed by atoms with Crippen LogP contribution in [0.1, 0.15) is 39.9 Å².